The minimum Gasteiger partial charge on any atom is -0.480 e. The molecule has 0 heterocycles. The van der Waals surface area contributed by atoms with E-state index in [4.69, 9.17) is 15.9 Å². The van der Waals surface area contributed by atoms with Crippen LogP contribution in [0.2, 0.25) is 0 Å². The second-order valence-corrected chi connectivity index (χ2v) is 6.79. The largest absolute Gasteiger partial charge is 0.480 e. The fourth-order valence-electron chi connectivity index (χ4n) is 1.71. The predicted molar refractivity (Wildman–Crippen MR) is 101 cm³/mol. The van der Waals surface area contributed by atoms with Gasteiger partial charge in [-0.3, -0.25) is 14.4 Å². The summed E-state index contributed by atoms with van der Waals surface area (Å²) in [4.78, 5) is 46.8. The molecule has 26 heavy (non-hydrogen) atoms. The maximum atomic E-state index is 12.2. The number of hydrogen-bond acceptors (Lipinski definition) is 8. The van der Waals surface area contributed by atoms with Gasteiger partial charge in [-0.15, -0.1) is 0 Å². The summed E-state index contributed by atoms with van der Waals surface area (Å²) >= 11 is 5.55. The van der Waals surface area contributed by atoms with Crippen LogP contribution >= 0.6 is 24.4 Å². The molecule has 0 aromatic heterocycles. The fraction of sp³-hybridized carbons (Fsp3) is 0.714. The highest BCUT2D eigenvalue weighted by Crippen LogP contribution is 2.00. The maximum absolute atomic E-state index is 12.2. The molecule has 0 saturated heterocycles. The molecule has 0 radical (unpaired) electrons. The van der Waals surface area contributed by atoms with E-state index in [0.29, 0.717) is 12.2 Å². The molecule has 0 rings (SSSR count). The molecule has 0 aliphatic heterocycles. The van der Waals surface area contributed by atoms with Gasteiger partial charge in [-0.2, -0.15) is 24.4 Å². The number of carbonyl (C=O) groups is 4. The van der Waals surface area contributed by atoms with Crippen LogP contribution < -0.4 is 21.7 Å². The van der Waals surface area contributed by atoms with Crippen molar-refractivity contribution in [1.82, 2.24) is 16.0 Å². The SMILES string of the molecule is CSCCC(N)C(=O)NC(CS)C(=O)NC(C)C(=O)NC(CO)C(=O)O. The number of carboxylic acids is 1. The third-order valence-corrected chi connectivity index (χ3v) is 4.34. The zero-order chi connectivity index (χ0) is 20.3. The van der Waals surface area contributed by atoms with Crippen molar-refractivity contribution in [1.29, 1.82) is 0 Å². The maximum Gasteiger partial charge on any atom is 0.328 e. The molecule has 0 bridgehead atoms. The first-order valence-corrected chi connectivity index (χ1v) is 9.80. The number of amides is 3. The Bertz CT molecular complexity index is 508. The van der Waals surface area contributed by atoms with E-state index in [1.807, 2.05) is 6.26 Å². The smallest absolute Gasteiger partial charge is 0.328 e. The van der Waals surface area contributed by atoms with E-state index < -0.39 is 54.5 Å². The van der Waals surface area contributed by atoms with Gasteiger partial charge in [0.2, 0.25) is 17.7 Å². The summed E-state index contributed by atoms with van der Waals surface area (Å²) in [5, 5.41) is 24.6. The lowest BCUT2D eigenvalue weighted by molar-refractivity contribution is -0.143. The summed E-state index contributed by atoms with van der Waals surface area (Å²) in [6.07, 6.45) is 2.33. The lowest BCUT2D eigenvalue weighted by Crippen LogP contribution is -2.57. The Kier molecular flexibility index (Phi) is 12.1. The number of thioether (sulfide) groups is 1. The Balaban J connectivity index is 4.66. The van der Waals surface area contributed by atoms with Crippen LogP contribution in [-0.2, 0) is 19.2 Å². The molecule has 150 valence electrons. The minimum absolute atomic E-state index is 0.0183. The minimum atomic E-state index is -1.48. The molecule has 12 heteroatoms. The van der Waals surface area contributed by atoms with E-state index in [-0.39, 0.29) is 5.75 Å². The molecule has 0 spiro atoms. The molecule has 0 saturated carbocycles. The average molecular weight is 411 g/mol. The van der Waals surface area contributed by atoms with Crippen molar-refractivity contribution in [3.8, 4) is 0 Å². The zero-order valence-electron chi connectivity index (χ0n) is 14.6. The van der Waals surface area contributed by atoms with Gasteiger partial charge in [0.1, 0.15) is 18.1 Å². The number of aliphatic carboxylic acids is 1. The highest BCUT2D eigenvalue weighted by atomic mass is 32.2. The van der Waals surface area contributed by atoms with Crippen LogP contribution in [0, 0.1) is 0 Å². The van der Waals surface area contributed by atoms with Gasteiger partial charge >= 0.3 is 5.97 Å². The summed E-state index contributed by atoms with van der Waals surface area (Å²) in [6, 6.07) is -4.33. The first kappa shape index (κ1) is 24.5. The Morgan fingerprint density at radius 3 is 2.12 bits per heavy atom. The van der Waals surface area contributed by atoms with E-state index in [9.17, 15) is 19.2 Å². The van der Waals surface area contributed by atoms with Gasteiger partial charge in [0.15, 0.2) is 0 Å². The molecular weight excluding hydrogens is 384 g/mol. The highest BCUT2D eigenvalue weighted by molar-refractivity contribution is 7.98. The molecule has 3 amide bonds. The Morgan fingerprint density at radius 2 is 1.65 bits per heavy atom. The van der Waals surface area contributed by atoms with Gasteiger partial charge < -0.3 is 31.9 Å². The molecule has 0 aromatic carbocycles. The number of rotatable bonds is 12. The molecule has 4 unspecified atom stereocenters. The number of carboxylic acid groups (broad SMARTS) is 1. The normalized spacial score (nSPS) is 15.3. The molecule has 0 aromatic rings. The zero-order valence-corrected chi connectivity index (χ0v) is 16.3. The molecule has 4 atom stereocenters. The van der Waals surface area contributed by atoms with Gasteiger partial charge in [-0.05, 0) is 25.4 Å². The first-order valence-electron chi connectivity index (χ1n) is 7.78. The van der Waals surface area contributed by atoms with Gasteiger partial charge in [0, 0.05) is 5.75 Å². The van der Waals surface area contributed by atoms with Crippen molar-refractivity contribution in [2.75, 3.05) is 24.4 Å². The Hall–Kier alpha value is -1.50. The number of aliphatic hydroxyl groups is 1. The van der Waals surface area contributed by atoms with Crippen LogP contribution in [0.1, 0.15) is 13.3 Å². The fourth-order valence-corrected chi connectivity index (χ4v) is 2.46. The van der Waals surface area contributed by atoms with Crippen molar-refractivity contribution in [3.05, 3.63) is 0 Å². The second kappa shape index (κ2) is 12.8. The van der Waals surface area contributed by atoms with Crippen LogP contribution in [0.3, 0.4) is 0 Å². The number of aliphatic hydroxyl groups excluding tert-OH is 1. The molecule has 0 aliphatic rings. The average Bonchev–Trinajstić information content (AvgIpc) is 2.60. The van der Waals surface area contributed by atoms with Crippen LogP contribution in [0.5, 0.6) is 0 Å². The monoisotopic (exact) mass is 410 g/mol. The van der Waals surface area contributed by atoms with E-state index in [1.165, 1.54) is 6.92 Å². The van der Waals surface area contributed by atoms with E-state index in [2.05, 4.69) is 28.6 Å². The lowest BCUT2D eigenvalue weighted by Gasteiger charge is -2.22. The van der Waals surface area contributed by atoms with Crippen molar-refractivity contribution in [3.63, 3.8) is 0 Å². The van der Waals surface area contributed by atoms with Crippen molar-refractivity contribution < 1.29 is 29.4 Å². The quantitative estimate of drug-likeness (QED) is 0.174. The van der Waals surface area contributed by atoms with E-state index in [1.54, 1.807) is 11.8 Å². The number of carbonyl (C=O) groups excluding carboxylic acids is 3. The predicted octanol–water partition coefficient (Wildman–Crippen LogP) is -2.45. The summed E-state index contributed by atoms with van der Waals surface area (Å²) in [6.45, 7) is 0.552. The third kappa shape index (κ3) is 8.74. The summed E-state index contributed by atoms with van der Waals surface area (Å²) in [7, 11) is 0. The number of hydrogen-bond donors (Lipinski definition) is 7. The number of nitrogens with one attached hydrogen (secondary N) is 3. The molecule has 0 aliphatic carbocycles. The lowest BCUT2D eigenvalue weighted by atomic mass is 10.2. The van der Waals surface area contributed by atoms with Crippen molar-refractivity contribution in [2.24, 2.45) is 5.73 Å². The summed E-state index contributed by atoms with van der Waals surface area (Å²) in [5.74, 6) is -2.69. The first-order chi connectivity index (χ1) is 12.2. The van der Waals surface area contributed by atoms with Gasteiger partial charge in [-0.1, -0.05) is 0 Å². The third-order valence-electron chi connectivity index (χ3n) is 3.33. The van der Waals surface area contributed by atoms with Gasteiger partial charge in [0.25, 0.3) is 0 Å². The van der Waals surface area contributed by atoms with Crippen LogP contribution in [0.15, 0.2) is 0 Å². The number of nitrogens with two attached hydrogens (primary N) is 1. The van der Waals surface area contributed by atoms with E-state index in [0.717, 1.165) is 0 Å². The molecule has 7 N–H and O–H groups in total. The summed E-state index contributed by atoms with van der Waals surface area (Å²) in [5.41, 5.74) is 5.73. The van der Waals surface area contributed by atoms with Crippen molar-refractivity contribution in [2.45, 2.75) is 37.5 Å². The molecule has 10 nitrogen and oxygen atoms in total. The Morgan fingerprint density at radius 1 is 1.08 bits per heavy atom. The van der Waals surface area contributed by atoms with Gasteiger partial charge in [0.05, 0.1) is 12.6 Å². The highest BCUT2D eigenvalue weighted by Gasteiger charge is 2.27. The molecular formula is C14H26N4O6S2. The van der Waals surface area contributed by atoms with Crippen molar-refractivity contribution >= 4 is 48.1 Å². The second-order valence-electron chi connectivity index (χ2n) is 5.44. The number of thiol groups is 1. The van der Waals surface area contributed by atoms with E-state index >= 15 is 0 Å². The van der Waals surface area contributed by atoms with Crippen LogP contribution in [0.25, 0.3) is 0 Å². The topological polar surface area (TPSA) is 171 Å². The molecule has 0 fully saturated rings. The summed E-state index contributed by atoms with van der Waals surface area (Å²) < 4.78 is 0. The Labute approximate surface area is 161 Å². The standard InChI is InChI=1S/C14H26N4O6S2/c1-7(11(20)17-9(5-19)14(23)24)16-13(22)10(6-25)18-12(21)8(15)3-4-26-2/h7-10,19,25H,3-6,15H2,1-2H3,(H,16,22)(H,17,20)(H,18,21)(H,23,24). The van der Waals surface area contributed by atoms with Gasteiger partial charge in [-0.25, -0.2) is 4.79 Å². The van der Waals surface area contributed by atoms with Crippen LogP contribution in [-0.4, -0.2) is 82.4 Å². The van der Waals surface area contributed by atoms with Crippen LogP contribution in [0.4, 0.5) is 0 Å².